The predicted molar refractivity (Wildman–Crippen MR) is 54.9 cm³/mol. The summed E-state index contributed by atoms with van der Waals surface area (Å²) in [6.45, 7) is 5.46. The van der Waals surface area contributed by atoms with Crippen LogP contribution in [0.1, 0.15) is 26.3 Å². The molecule has 0 saturated carbocycles. The Morgan fingerprint density at radius 1 is 1.21 bits per heavy atom. The molecular formula is C11H14FNO. The Morgan fingerprint density at radius 2 is 1.71 bits per heavy atom. The third-order valence-corrected chi connectivity index (χ3v) is 1.80. The quantitative estimate of drug-likeness (QED) is 0.293. The fourth-order valence-corrected chi connectivity index (χ4v) is 0.878. The molecule has 0 aliphatic rings. The molecule has 0 atom stereocenters. The molecule has 0 spiro atoms. The van der Waals surface area contributed by atoms with Gasteiger partial charge in [0.25, 0.3) is 0 Å². The Labute approximate surface area is 83.3 Å². The lowest BCUT2D eigenvalue weighted by Crippen LogP contribution is -2.29. The fraction of sp³-hybridized carbons (Fsp3) is 0.364. The van der Waals surface area contributed by atoms with Gasteiger partial charge in [0.05, 0.1) is 0 Å². The molecule has 1 rings (SSSR count). The van der Waals surface area contributed by atoms with E-state index in [1.807, 2.05) is 20.8 Å². The molecule has 0 aliphatic carbocycles. The molecule has 76 valence electrons. The molecule has 0 fully saturated rings. The average Bonchev–Trinajstić information content (AvgIpc) is 2.07. The lowest BCUT2D eigenvalue weighted by molar-refractivity contribution is -0.530. The third-order valence-electron chi connectivity index (χ3n) is 1.80. The Kier molecular flexibility index (Phi) is 2.89. The van der Waals surface area contributed by atoms with Crippen molar-refractivity contribution in [2.75, 3.05) is 0 Å². The van der Waals surface area contributed by atoms with Crippen molar-refractivity contribution in [1.82, 2.24) is 0 Å². The molecule has 0 N–H and O–H groups in total. The second-order valence-electron chi connectivity index (χ2n) is 4.18. The van der Waals surface area contributed by atoms with Crippen LogP contribution in [0.3, 0.4) is 0 Å². The Bertz CT molecular complexity index is 335. The molecule has 0 aliphatic heterocycles. The lowest BCUT2D eigenvalue weighted by Gasteiger charge is -2.18. The zero-order chi connectivity index (χ0) is 10.8. The average molecular weight is 195 g/mol. The van der Waals surface area contributed by atoms with E-state index in [-0.39, 0.29) is 5.82 Å². The van der Waals surface area contributed by atoms with Gasteiger partial charge in [0.15, 0.2) is 11.8 Å². The molecule has 0 saturated heterocycles. The zero-order valence-electron chi connectivity index (χ0n) is 8.62. The second-order valence-corrected chi connectivity index (χ2v) is 4.18. The van der Waals surface area contributed by atoms with Crippen LogP contribution in [0.2, 0.25) is 0 Å². The van der Waals surface area contributed by atoms with Gasteiger partial charge >= 0.3 is 0 Å². The van der Waals surface area contributed by atoms with E-state index in [1.165, 1.54) is 18.3 Å². The first-order chi connectivity index (χ1) is 6.39. The topological polar surface area (TPSA) is 26.1 Å². The molecule has 0 amide bonds. The van der Waals surface area contributed by atoms with Gasteiger partial charge in [-0.25, -0.2) is 9.13 Å². The molecule has 0 bridgehead atoms. The van der Waals surface area contributed by atoms with Gasteiger partial charge in [-0.1, -0.05) is 0 Å². The number of hydrogen-bond acceptors (Lipinski definition) is 1. The summed E-state index contributed by atoms with van der Waals surface area (Å²) in [5.41, 5.74) is 0.241. The number of benzene rings is 1. The van der Waals surface area contributed by atoms with Crippen molar-refractivity contribution in [3.63, 3.8) is 0 Å². The molecule has 1 aromatic carbocycles. The summed E-state index contributed by atoms with van der Waals surface area (Å²) < 4.78 is 13.4. The number of hydrogen-bond donors (Lipinski definition) is 0. The summed E-state index contributed by atoms with van der Waals surface area (Å²) in [5, 5.41) is 11.5. The SMILES string of the molecule is CC(C)(C)[N+]([O-])=Cc1ccc(F)cc1. The molecule has 0 radical (unpaired) electrons. The summed E-state index contributed by atoms with van der Waals surface area (Å²) in [4.78, 5) is 0. The van der Waals surface area contributed by atoms with Gasteiger partial charge in [-0.15, -0.1) is 0 Å². The number of rotatable bonds is 1. The maximum atomic E-state index is 12.6. The van der Waals surface area contributed by atoms with Crippen LogP contribution in [0.4, 0.5) is 4.39 Å². The van der Waals surface area contributed by atoms with Crippen molar-refractivity contribution >= 4 is 6.21 Å². The summed E-state index contributed by atoms with van der Waals surface area (Å²) in [6, 6.07) is 5.82. The standard InChI is InChI=1S/C11H14FNO/c1-11(2,3)13(14)8-9-4-6-10(12)7-5-9/h4-8H,1-3H3. The maximum absolute atomic E-state index is 12.6. The number of halogens is 1. The fourth-order valence-electron chi connectivity index (χ4n) is 0.878. The van der Waals surface area contributed by atoms with Crippen LogP contribution >= 0.6 is 0 Å². The number of hydroxylamine groups is 1. The largest absolute Gasteiger partial charge is 0.623 e. The van der Waals surface area contributed by atoms with Gasteiger partial charge in [-0.3, -0.25) is 0 Å². The van der Waals surface area contributed by atoms with Crippen LogP contribution in [0, 0.1) is 11.0 Å². The summed E-state index contributed by atoms with van der Waals surface area (Å²) >= 11 is 0. The lowest BCUT2D eigenvalue weighted by atomic mass is 10.1. The van der Waals surface area contributed by atoms with Crippen LogP contribution in [0.25, 0.3) is 0 Å². The Morgan fingerprint density at radius 3 is 2.14 bits per heavy atom. The molecule has 3 heteroatoms. The molecule has 14 heavy (non-hydrogen) atoms. The first kappa shape index (κ1) is 10.7. The molecule has 0 aromatic heterocycles. The van der Waals surface area contributed by atoms with Gasteiger partial charge in [-0.05, 0) is 24.3 Å². The van der Waals surface area contributed by atoms with Crippen LogP contribution in [-0.4, -0.2) is 16.5 Å². The highest BCUT2D eigenvalue weighted by molar-refractivity contribution is 5.75. The van der Waals surface area contributed by atoms with Gasteiger partial charge < -0.3 is 5.21 Å². The van der Waals surface area contributed by atoms with E-state index < -0.39 is 5.54 Å². The molecule has 0 unspecified atom stereocenters. The van der Waals surface area contributed by atoms with Crippen molar-refractivity contribution in [3.05, 3.63) is 40.9 Å². The van der Waals surface area contributed by atoms with Crippen molar-refractivity contribution < 1.29 is 9.13 Å². The van der Waals surface area contributed by atoms with E-state index in [1.54, 1.807) is 12.1 Å². The summed E-state index contributed by atoms with van der Waals surface area (Å²) in [5.74, 6) is -0.296. The minimum absolute atomic E-state index is 0.296. The van der Waals surface area contributed by atoms with E-state index in [0.717, 1.165) is 4.74 Å². The highest BCUT2D eigenvalue weighted by atomic mass is 19.1. The third kappa shape index (κ3) is 2.83. The minimum atomic E-state index is -0.464. The van der Waals surface area contributed by atoms with Gasteiger partial charge in [0, 0.05) is 26.3 Å². The van der Waals surface area contributed by atoms with Crippen molar-refractivity contribution in [1.29, 1.82) is 0 Å². The van der Waals surface area contributed by atoms with Crippen molar-refractivity contribution in [3.8, 4) is 0 Å². The van der Waals surface area contributed by atoms with E-state index in [9.17, 15) is 9.60 Å². The maximum Gasteiger partial charge on any atom is 0.182 e. The molecular weight excluding hydrogens is 181 g/mol. The van der Waals surface area contributed by atoms with E-state index in [2.05, 4.69) is 0 Å². The van der Waals surface area contributed by atoms with E-state index in [4.69, 9.17) is 0 Å². The smallest absolute Gasteiger partial charge is 0.182 e. The minimum Gasteiger partial charge on any atom is -0.623 e. The second kappa shape index (κ2) is 3.78. The monoisotopic (exact) mass is 195 g/mol. The normalized spacial score (nSPS) is 13.0. The van der Waals surface area contributed by atoms with E-state index in [0.29, 0.717) is 5.56 Å². The van der Waals surface area contributed by atoms with Crippen LogP contribution in [-0.2, 0) is 0 Å². The van der Waals surface area contributed by atoms with Gasteiger partial charge in [0.1, 0.15) is 5.82 Å². The Balaban J connectivity index is 2.93. The molecule has 2 nitrogen and oxygen atoms in total. The first-order valence-corrected chi connectivity index (χ1v) is 4.46. The van der Waals surface area contributed by atoms with Crippen molar-refractivity contribution in [2.24, 2.45) is 0 Å². The zero-order valence-corrected chi connectivity index (χ0v) is 8.62. The summed E-state index contributed by atoms with van der Waals surface area (Å²) in [6.07, 6.45) is 1.46. The van der Waals surface area contributed by atoms with Gasteiger partial charge in [-0.2, -0.15) is 0 Å². The highest BCUT2D eigenvalue weighted by Crippen LogP contribution is 2.06. The Hall–Kier alpha value is -1.38. The molecule has 1 aromatic rings. The first-order valence-electron chi connectivity index (χ1n) is 4.46. The highest BCUT2D eigenvalue weighted by Gasteiger charge is 2.17. The number of nitrogens with zero attached hydrogens (tertiary/aromatic N) is 1. The van der Waals surface area contributed by atoms with Crippen LogP contribution < -0.4 is 0 Å². The van der Waals surface area contributed by atoms with Gasteiger partial charge in [0.2, 0.25) is 0 Å². The predicted octanol–water partition coefficient (Wildman–Crippen LogP) is 2.55. The summed E-state index contributed by atoms with van der Waals surface area (Å²) in [7, 11) is 0. The molecule has 0 heterocycles. The van der Waals surface area contributed by atoms with Crippen LogP contribution in [0.5, 0.6) is 0 Å². The van der Waals surface area contributed by atoms with Crippen molar-refractivity contribution in [2.45, 2.75) is 26.3 Å². The van der Waals surface area contributed by atoms with Crippen LogP contribution in [0.15, 0.2) is 24.3 Å². The van der Waals surface area contributed by atoms with E-state index >= 15 is 0 Å².